The van der Waals surface area contributed by atoms with Gasteiger partial charge in [0.15, 0.2) is 5.78 Å². The third-order valence-electron chi connectivity index (χ3n) is 4.04. The molecule has 0 bridgehead atoms. The van der Waals surface area contributed by atoms with Gasteiger partial charge in [0.2, 0.25) is 0 Å². The van der Waals surface area contributed by atoms with Crippen molar-refractivity contribution in [3.05, 3.63) is 57.1 Å². The van der Waals surface area contributed by atoms with E-state index in [1.807, 2.05) is 26.0 Å². The van der Waals surface area contributed by atoms with E-state index in [1.165, 1.54) is 19.1 Å². The van der Waals surface area contributed by atoms with Crippen LogP contribution in [0, 0.1) is 6.92 Å². The van der Waals surface area contributed by atoms with Gasteiger partial charge in [-0.25, -0.2) is 4.79 Å². The number of benzene rings is 1. The van der Waals surface area contributed by atoms with Gasteiger partial charge in [0.25, 0.3) is 0 Å². The van der Waals surface area contributed by atoms with Crippen molar-refractivity contribution in [2.45, 2.75) is 33.3 Å². The van der Waals surface area contributed by atoms with Crippen molar-refractivity contribution in [3.63, 3.8) is 0 Å². The standard InChI is InChI=1S/C20H20O6/c1-4-24-17-10-14-7-11(2)25-18(14)9-13(17)5-6-15(21)19-16(22)8-12(3)26-20(19)23/h5-6,8-11,22H,4,7H2,1-3H3/b6-5+/t11-/m0/s1. The highest BCUT2D eigenvalue weighted by Gasteiger charge is 2.22. The lowest BCUT2D eigenvalue weighted by Gasteiger charge is -2.10. The van der Waals surface area contributed by atoms with Gasteiger partial charge in [0, 0.05) is 23.6 Å². The molecule has 0 saturated carbocycles. The Labute approximate surface area is 150 Å². The monoisotopic (exact) mass is 356 g/mol. The molecule has 1 N–H and O–H groups in total. The maximum Gasteiger partial charge on any atom is 0.351 e. The van der Waals surface area contributed by atoms with Crippen molar-refractivity contribution in [2.75, 3.05) is 6.61 Å². The Morgan fingerprint density at radius 2 is 2.15 bits per heavy atom. The molecule has 0 saturated heterocycles. The quantitative estimate of drug-likeness (QED) is 0.654. The number of fused-ring (bicyclic) bond motifs is 1. The summed E-state index contributed by atoms with van der Waals surface area (Å²) in [5.41, 5.74) is 0.453. The Bertz CT molecular complexity index is 938. The van der Waals surface area contributed by atoms with Gasteiger partial charge in [-0.15, -0.1) is 0 Å². The molecule has 6 heteroatoms. The molecule has 1 aromatic heterocycles. The minimum absolute atomic E-state index is 0.0921. The minimum atomic E-state index is -0.867. The molecular weight excluding hydrogens is 336 g/mol. The molecule has 0 spiro atoms. The van der Waals surface area contributed by atoms with Crippen LogP contribution >= 0.6 is 0 Å². The number of aromatic hydroxyl groups is 1. The molecule has 2 heterocycles. The van der Waals surface area contributed by atoms with Crippen LogP contribution < -0.4 is 15.1 Å². The zero-order chi connectivity index (χ0) is 18.8. The van der Waals surface area contributed by atoms with Gasteiger partial charge < -0.3 is 19.0 Å². The first-order valence-electron chi connectivity index (χ1n) is 8.41. The molecule has 136 valence electrons. The number of ether oxygens (including phenoxy) is 2. The van der Waals surface area contributed by atoms with Crippen LogP contribution in [0.15, 0.2) is 33.5 Å². The topological polar surface area (TPSA) is 86.0 Å². The number of hydrogen-bond donors (Lipinski definition) is 1. The van der Waals surface area contributed by atoms with Crippen molar-refractivity contribution < 1.29 is 23.8 Å². The second kappa shape index (κ2) is 7.07. The van der Waals surface area contributed by atoms with Crippen LogP contribution in [0.5, 0.6) is 17.2 Å². The molecule has 1 aliphatic heterocycles. The molecule has 1 atom stereocenters. The largest absolute Gasteiger partial charge is 0.507 e. The Kier molecular flexibility index (Phi) is 4.84. The third kappa shape index (κ3) is 3.49. The number of carbonyl (C=O) groups excluding carboxylic acids is 1. The summed E-state index contributed by atoms with van der Waals surface area (Å²) in [5.74, 6) is 0.577. The molecule has 1 aromatic carbocycles. The fraction of sp³-hybridized carbons (Fsp3) is 0.300. The fourth-order valence-electron chi connectivity index (χ4n) is 2.94. The number of ketones is 1. The van der Waals surface area contributed by atoms with Crippen molar-refractivity contribution >= 4 is 11.9 Å². The van der Waals surface area contributed by atoms with E-state index in [2.05, 4.69) is 0 Å². The van der Waals surface area contributed by atoms with Crippen LogP contribution in [0.2, 0.25) is 0 Å². The molecule has 2 aromatic rings. The molecule has 0 unspecified atom stereocenters. The fourth-order valence-corrected chi connectivity index (χ4v) is 2.94. The number of hydrogen-bond acceptors (Lipinski definition) is 6. The van der Waals surface area contributed by atoms with Crippen LogP contribution in [-0.2, 0) is 6.42 Å². The second-order valence-corrected chi connectivity index (χ2v) is 6.17. The van der Waals surface area contributed by atoms with E-state index in [-0.39, 0.29) is 11.9 Å². The SMILES string of the molecule is CCOc1cc2c(cc1/C=C/C(=O)c1c(O)cc(C)oc1=O)O[C@@H](C)C2. The molecule has 26 heavy (non-hydrogen) atoms. The number of allylic oxidation sites excluding steroid dienone is 1. The average molecular weight is 356 g/mol. The van der Waals surface area contributed by atoms with Gasteiger partial charge in [-0.2, -0.15) is 0 Å². The highest BCUT2D eigenvalue weighted by molar-refractivity contribution is 6.08. The number of rotatable bonds is 5. The molecule has 1 aliphatic rings. The van der Waals surface area contributed by atoms with E-state index in [1.54, 1.807) is 6.08 Å². The maximum atomic E-state index is 12.3. The normalized spacial score (nSPS) is 15.7. The highest BCUT2D eigenvalue weighted by Crippen LogP contribution is 2.35. The first kappa shape index (κ1) is 17.8. The summed E-state index contributed by atoms with van der Waals surface area (Å²) in [6, 6.07) is 4.95. The lowest BCUT2D eigenvalue weighted by Crippen LogP contribution is -2.13. The Morgan fingerprint density at radius 3 is 2.85 bits per heavy atom. The molecule has 3 rings (SSSR count). The average Bonchev–Trinajstić information content (AvgIpc) is 2.91. The summed E-state index contributed by atoms with van der Waals surface area (Å²) in [6.45, 7) is 5.86. The van der Waals surface area contributed by atoms with E-state index in [4.69, 9.17) is 13.9 Å². The molecule has 0 aliphatic carbocycles. The van der Waals surface area contributed by atoms with Crippen LogP contribution in [0.4, 0.5) is 0 Å². The van der Waals surface area contributed by atoms with Gasteiger partial charge in [-0.05, 0) is 45.1 Å². The van der Waals surface area contributed by atoms with Crippen LogP contribution in [0.1, 0.15) is 41.1 Å². The van der Waals surface area contributed by atoms with Gasteiger partial charge in [0.05, 0.1) is 6.61 Å². The van der Waals surface area contributed by atoms with E-state index in [9.17, 15) is 14.7 Å². The van der Waals surface area contributed by atoms with Gasteiger partial charge >= 0.3 is 5.63 Å². The summed E-state index contributed by atoms with van der Waals surface area (Å²) in [4.78, 5) is 24.2. The van der Waals surface area contributed by atoms with Gasteiger partial charge in [0.1, 0.15) is 34.7 Å². The predicted octanol–water partition coefficient (Wildman–Crippen LogP) is 3.27. The van der Waals surface area contributed by atoms with E-state index >= 15 is 0 Å². The van der Waals surface area contributed by atoms with Crippen LogP contribution in [-0.4, -0.2) is 23.6 Å². The zero-order valence-electron chi connectivity index (χ0n) is 14.9. The van der Waals surface area contributed by atoms with Crippen molar-refractivity contribution in [3.8, 4) is 17.2 Å². The van der Waals surface area contributed by atoms with Crippen LogP contribution in [0.25, 0.3) is 6.08 Å². The zero-order valence-corrected chi connectivity index (χ0v) is 14.9. The maximum absolute atomic E-state index is 12.3. The summed E-state index contributed by atoms with van der Waals surface area (Å²) in [6.07, 6.45) is 3.65. The van der Waals surface area contributed by atoms with Gasteiger partial charge in [-0.3, -0.25) is 4.79 Å². The third-order valence-corrected chi connectivity index (χ3v) is 4.04. The molecule has 0 fully saturated rings. The Morgan fingerprint density at radius 1 is 1.38 bits per heavy atom. The minimum Gasteiger partial charge on any atom is -0.507 e. The van der Waals surface area contributed by atoms with Crippen molar-refractivity contribution in [1.82, 2.24) is 0 Å². The number of aryl methyl sites for hydroxylation is 1. The first-order chi connectivity index (χ1) is 12.4. The smallest absolute Gasteiger partial charge is 0.351 e. The van der Waals surface area contributed by atoms with E-state index in [0.717, 1.165) is 17.7 Å². The first-order valence-corrected chi connectivity index (χ1v) is 8.41. The molecular formula is C20H20O6. The summed E-state index contributed by atoms with van der Waals surface area (Å²) in [5, 5.41) is 9.88. The van der Waals surface area contributed by atoms with Crippen molar-refractivity contribution in [2.24, 2.45) is 0 Å². The van der Waals surface area contributed by atoms with Gasteiger partial charge in [-0.1, -0.05) is 0 Å². The Hall–Kier alpha value is -3.02. The molecule has 0 amide bonds. The summed E-state index contributed by atoms with van der Waals surface area (Å²) in [7, 11) is 0. The Balaban J connectivity index is 1.94. The van der Waals surface area contributed by atoms with Crippen LogP contribution in [0.3, 0.4) is 0 Å². The van der Waals surface area contributed by atoms with E-state index < -0.39 is 22.7 Å². The second-order valence-electron chi connectivity index (χ2n) is 6.17. The summed E-state index contributed by atoms with van der Waals surface area (Å²) < 4.78 is 16.3. The lowest BCUT2D eigenvalue weighted by atomic mass is 10.0. The molecule has 6 nitrogen and oxygen atoms in total. The molecule has 0 radical (unpaired) electrons. The van der Waals surface area contributed by atoms with E-state index in [0.29, 0.717) is 17.9 Å². The predicted molar refractivity (Wildman–Crippen MR) is 96.1 cm³/mol. The lowest BCUT2D eigenvalue weighted by molar-refractivity contribution is 0.104. The number of carbonyl (C=O) groups is 1. The van der Waals surface area contributed by atoms with Crippen molar-refractivity contribution in [1.29, 1.82) is 0 Å². The highest BCUT2D eigenvalue weighted by atomic mass is 16.5. The summed E-state index contributed by atoms with van der Waals surface area (Å²) >= 11 is 0.